The Morgan fingerprint density at radius 1 is 1.05 bits per heavy atom. The van der Waals surface area contributed by atoms with E-state index in [1.54, 1.807) is 18.3 Å². The second kappa shape index (κ2) is 6.54. The van der Waals surface area contributed by atoms with E-state index in [2.05, 4.69) is 0 Å². The number of aromatic nitrogens is 1. The van der Waals surface area contributed by atoms with Gasteiger partial charge in [-0.3, -0.25) is 9.59 Å². The molecule has 0 aliphatic carbocycles. The summed E-state index contributed by atoms with van der Waals surface area (Å²) in [7, 11) is 0. The number of ether oxygens (including phenoxy) is 1. The molecule has 1 heterocycles. The van der Waals surface area contributed by atoms with Crippen LogP contribution in [0.3, 0.4) is 0 Å². The fourth-order valence-electron chi connectivity index (χ4n) is 1.70. The summed E-state index contributed by atoms with van der Waals surface area (Å²) >= 11 is 0. The van der Waals surface area contributed by atoms with Gasteiger partial charge in [0.25, 0.3) is 5.56 Å². The summed E-state index contributed by atoms with van der Waals surface area (Å²) in [4.78, 5) is 23.0. The summed E-state index contributed by atoms with van der Waals surface area (Å²) < 4.78 is 6.43. The first-order valence-electron chi connectivity index (χ1n) is 6.11. The quantitative estimate of drug-likeness (QED) is 0.765. The molecule has 2 rings (SSSR count). The van der Waals surface area contributed by atoms with E-state index >= 15 is 0 Å². The number of carbonyl (C=O) groups excluding carboxylic acids is 1. The third-order valence-electron chi connectivity index (χ3n) is 2.70. The van der Waals surface area contributed by atoms with Gasteiger partial charge in [0.05, 0.1) is 6.61 Å². The minimum absolute atomic E-state index is 0.0472. The summed E-state index contributed by atoms with van der Waals surface area (Å²) in [6.45, 7) is 0.277. The number of pyridine rings is 1. The lowest BCUT2D eigenvalue weighted by Crippen LogP contribution is -2.24. The van der Waals surface area contributed by atoms with Crippen molar-refractivity contribution in [3.05, 3.63) is 70.6 Å². The van der Waals surface area contributed by atoms with E-state index in [9.17, 15) is 9.59 Å². The van der Waals surface area contributed by atoms with Crippen LogP contribution in [0, 0.1) is 0 Å². The van der Waals surface area contributed by atoms with Gasteiger partial charge >= 0.3 is 5.97 Å². The van der Waals surface area contributed by atoms with Crippen LogP contribution in [0.1, 0.15) is 5.56 Å². The maximum Gasteiger partial charge on any atom is 0.326 e. The van der Waals surface area contributed by atoms with Gasteiger partial charge in [-0.2, -0.15) is 0 Å². The maximum absolute atomic E-state index is 11.6. The molecule has 0 saturated heterocycles. The summed E-state index contributed by atoms with van der Waals surface area (Å²) in [6.07, 6.45) is 2.25. The highest BCUT2D eigenvalue weighted by Gasteiger charge is 2.05. The van der Waals surface area contributed by atoms with Crippen molar-refractivity contribution in [1.29, 1.82) is 0 Å². The number of carbonyl (C=O) groups is 1. The molecule has 0 bridgehead atoms. The average Bonchev–Trinajstić information content (AvgIpc) is 2.43. The van der Waals surface area contributed by atoms with Gasteiger partial charge in [0, 0.05) is 18.7 Å². The molecule has 4 nitrogen and oxygen atoms in total. The lowest BCUT2D eigenvalue weighted by molar-refractivity contribution is -0.144. The van der Waals surface area contributed by atoms with Gasteiger partial charge in [-0.05, 0) is 11.6 Å². The SMILES string of the molecule is O=C(Cn1ccccc1=O)OCCc1ccccc1. The van der Waals surface area contributed by atoms with Gasteiger partial charge < -0.3 is 9.30 Å². The first-order valence-corrected chi connectivity index (χ1v) is 6.11. The molecule has 0 radical (unpaired) electrons. The molecule has 98 valence electrons. The number of rotatable bonds is 5. The van der Waals surface area contributed by atoms with Crippen molar-refractivity contribution in [2.24, 2.45) is 0 Å². The fraction of sp³-hybridized carbons (Fsp3) is 0.200. The van der Waals surface area contributed by atoms with Crippen molar-refractivity contribution >= 4 is 5.97 Å². The predicted molar refractivity (Wildman–Crippen MR) is 71.8 cm³/mol. The van der Waals surface area contributed by atoms with Gasteiger partial charge in [0.15, 0.2) is 0 Å². The Hall–Kier alpha value is -2.36. The Morgan fingerprint density at radius 3 is 2.53 bits per heavy atom. The number of nitrogens with zero attached hydrogens (tertiary/aromatic N) is 1. The van der Waals surface area contributed by atoms with Gasteiger partial charge in [-0.1, -0.05) is 36.4 Å². The van der Waals surface area contributed by atoms with E-state index in [1.807, 2.05) is 30.3 Å². The molecule has 0 amide bonds. The highest BCUT2D eigenvalue weighted by molar-refractivity contribution is 5.69. The Labute approximate surface area is 111 Å². The molecule has 0 atom stereocenters. The monoisotopic (exact) mass is 257 g/mol. The summed E-state index contributed by atoms with van der Waals surface area (Å²) in [5.41, 5.74) is 0.912. The Balaban J connectivity index is 1.79. The van der Waals surface area contributed by atoms with Gasteiger partial charge in [0.1, 0.15) is 6.54 Å². The third-order valence-corrected chi connectivity index (χ3v) is 2.70. The molecule has 0 aliphatic heterocycles. The molecule has 0 saturated carbocycles. The Bertz CT molecular complexity index is 590. The number of hydrogen-bond acceptors (Lipinski definition) is 3. The van der Waals surface area contributed by atoms with Crippen LogP contribution in [0.2, 0.25) is 0 Å². The van der Waals surface area contributed by atoms with Crippen molar-refractivity contribution in [2.75, 3.05) is 6.61 Å². The zero-order valence-corrected chi connectivity index (χ0v) is 10.5. The summed E-state index contributed by atoms with van der Waals surface area (Å²) in [5, 5.41) is 0. The van der Waals surface area contributed by atoms with Crippen molar-refractivity contribution in [3.63, 3.8) is 0 Å². The van der Waals surface area contributed by atoms with Crippen LogP contribution in [-0.4, -0.2) is 17.1 Å². The normalized spacial score (nSPS) is 10.1. The number of hydrogen-bond donors (Lipinski definition) is 0. The van der Waals surface area contributed by atoms with E-state index in [-0.39, 0.29) is 12.1 Å². The topological polar surface area (TPSA) is 48.3 Å². The molecule has 1 aromatic heterocycles. The number of esters is 1. The molecular weight excluding hydrogens is 242 g/mol. The van der Waals surface area contributed by atoms with Crippen LogP contribution < -0.4 is 5.56 Å². The fourth-order valence-corrected chi connectivity index (χ4v) is 1.70. The van der Waals surface area contributed by atoms with Gasteiger partial charge in [-0.15, -0.1) is 0 Å². The molecule has 0 fully saturated rings. The molecule has 2 aromatic rings. The van der Waals surface area contributed by atoms with Crippen molar-refractivity contribution < 1.29 is 9.53 Å². The molecule has 19 heavy (non-hydrogen) atoms. The molecule has 0 aliphatic rings. The summed E-state index contributed by atoms with van der Waals surface area (Å²) in [6, 6.07) is 14.6. The lowest BCUT2D eigenvalue weighted by atomic mass is 10.2. The van der Waals surface area contributed by atoms with Crippen LogP contribution in [0.15, 0.2) is 59.5 Å². The van der Waals surface area contributed by atoms with Crippen LogP contribution in [0.4, 0.5) is 0 Å². The zero-order chi connectivity index (χ0) is 13.5. The maximum atomic E-state index is 11.6. The van der Waals surface area contributed by atoms with Crippen LogP contribution in [0.25, 0.3) is 0 Å². The Morgan fingerprint density at radius 2 is 1.79 bits per heavy atom. The predicted octanol–water partition coefficient (Wildman–Crippen LogP) is 1.63. The zero-order valence-electron chi connectivity index (χ0n) is 10.5. The van der Waals surface area contributed by atoms with E-state index in [0.29, 0.717) is 13.0 Å². The third kappa shape index (κ3) is 4.10. The van der Waals surface area contributed by atoms with Crippen molar-refractivity contribution in [2.45, 2.75) is 13.0 Å². The first kappa shape index (κ1) is 13.1. The van der Waals surface area contributed by atoms with E-state index < -0.39 is 5.97 Å². The van der Waals surface area contributed by atoms with Crippen LogP contribution in [0.5, 0.6) is 0 Å². The highest BCUT2D eigenvalue weighted by Crippen LogP contribution is 1.99. The van der Waals surface area contributed by atoms with E-state index in [4.69, 9.17) is 4.74 Å². The molecule has 0 N–H and O–H groups in total. The van der Waals surface area contributed by atoms with Crippen LogP contribution >= 0.6 is 0 Å². The second-order valence-corrected chi connectivity index (χ2v) is 4.12. The minimum atomic E-state index is -0.399. The highest BCUT2D eigenvalue weighted by atomic mass is 16.5. The number of benzene rings is 1. The van der Waals surface area contributed by atoms with Crippen molar-refractivity contribution in [1.82, 2.24) is 4.57 Å². The largest absolute Gasteiger partial charge is 0.464 e. The molecule has 0 spiro atoms. The van der Waals surface area contributed by atoms with Gasteiger partial charge in [0.2, 0.25) is 0 Å². The molecule has 4 heteroatoms. The average molecular weight is 257 g/mol. The standard InChI is InChI=1S/C15H15NO3/c17-14-8-4-5-10-16(14)12-15(18)19-11-9-13-6-2-1-3-7-13/h1-8,10H,9,11-12H2. The molecule has 0 unspecified atom stereocenters. The summed E-state index contributed by atoms with van der Waals surface area (Å²) in [5.74, 6) is -0.399. The lowest BCUT2D eigenvalue weighted by Gasteiger charge is -2.06. The van der Waals surface area contributed by atoms with Crippen molar-refractivity contribution in [3.8, 4) is 0 Å². The van der Waals surface area contributed by atoms with E-state index in [1.165, 1.54) is 10.6 Å². The molecular formula is C15H15NO3. The minimum Gasteiger partial charge on any atom is -0.464 e. The Kier molecular flexibility index (Phi) is 4.50. The smallest absolute Gasteiger partial charge is 0.326 e. The van der Waals surface area contributed by atoms with E-state index in [0.717, 1.165) is 5.56 Å². The van der Waals surface area contributed by atoms with Crippen LogP contribution in [-0.2, 0) is 22.5 Å². The second-order valence-electron chi connectivity index (χ2n) is 4.12. The van der Waals surface area contributed by atoms with Gasteiger partial charge in [-0.25, -0.2) is 0 Å². The first-order chi connectivity index (χ1) is 9.25. The molecule has 1 aromatic carbocycles.